The zero-order valence-electron chi connectivity index (χ0n) is 8.83. The molecule has 0 aliphatic rings. The number of nitrogens with zero attached hydrogens (tertiary/aromatic N) is 1. The average molecular weight is 271 g/mol. The molecular weight excluding hydrogens is 263 g/mol. The molecule has 0 unspecified atom stereocenters. The second kappa shape index (κ2) is 4.39. The number of rotatable bonds is 1. The minimum absolute atomic E-state index is 0.352. The van der Waals surface area contributed by atoms with E-state index in [0.717, 1.165) is 4.57 Å². The minimum atomic E-state index is -0.497. The largest absolute Gasteiger partial charge is 0.328 e. The number of nitrogens with one attached hydrogen (secondary N) is 1. The second-order valence-electron chi connectivity index (χ2n) is 3.51. The van der Waals surface area contributed by atoms with Gasteiger partial charge in [0, 0.05) is 28.7 Å². The standard InChI is InChI=1S/C11H8Cl2N2O2/c1-15-10(16)5-9(14-11(15)17)7-4-6(12)2-3-8(7)13/h2-5H,1H3,(H,14,17). The molecule has 2 rings (SSSR count). The van der Waals surface area contributed by atoms with Gasteiger partial charge in [-0.3, -0.25) is 9.36 Å². The van der Waals surface area contributed by atoms with Crippen molar-refractivity contribution in [3.8, 4) is 11.3 Å². The quantitative estimate of drug-likeness (QED) is 0.863. The van der Waals surface area contributed by atoms with Crippen LogP contribution < -0.4 is 11.2 Å². The molecule has 0 aliphatic heterocycles. The lowest BCUT2D eigenvalue weighted by molar-refractivity contribution is 0.778. The summed E-state index contributed by atoms with van der Waals surface area (Å²) in [5.41, 5.74) is -0.0251. The Hall–Kier alpha value is -1.52. The molecule has 0 amide bonds. The van der Waals surface area contributed by atoms with E-state index in [1.807, 2.05) is 0 Å². The third-order valence-electron chi connectivity index (χ3n) is 2.36. The number of benzene rings is 1. The molecule has 0 bridgehead atoms. The molecule has 17 heavy (non-hydrogen) atoms. The summed E-state index contributed by atoms with van der Waals surface area (Å²) in [6.07, 6.45) is 0. The van der Waals surface area contributed by atoms with Crippen molar-refractivity contribution in [2.24, 2.45) is 7.05 Å². The van der Waals surface area contributed by atoms with Crippen LogP contribution in [0.4, 0.5) is 0 Å². The Kier molecular flexibility index (Phi) is 3.09. The highest BCUT2D eigenvalue weighted by molar-refractivity contribution is 6.35. The zero-order chi connectivity index (χ0) is 12.6. The lowest BCUT2D eigenvalue weighted by atomic mass is 10.1. The first-order valence-electron chi connectivity index (χ1n) is 4.75. The molecule has 0 fully saturated rings. The third kappa shape index (κ3) is 2.28. The fourth-order valence-electron chi connectivity index (χ4n) is 1.40. The van der Waals surface area contributed by atoms with Crippen LogP contribution in [0.1, 0.15) is 0 Å². The van der Waals surface area contributed by atoms with Gasteiger partial charge in [-0.15, -0.1) is 0 Å². The van der Waals surface area contributed by atoms with Gasteiger partial charge in [0.25, 0.3) is 5.56 Å². The van der Waals surface area contributed by atoms with E-state index >= 15 is 0 Å². The van der Waals surface area contributed by atoms with Gasteiger partial charge in [0.15, 0.2) is 0 Å². The molecule has 1 aromatic heterocycles. The van der Waals surface area contributed by atoms with Crippen molar-refractivity contribution in [2.45, 2.75) is 0 Å². The van der Waals surface area contributed by atoms with E-state index in [1.165, 1.54) is 13.1 Å². The number of aromatic amines is 1. The van der Waals surface area contributed by atoms with Gasteiger partial charge in [0.2, 0.25) is 0 Å². The van der Waals surface area contributed by atoms with E-state index in [-0.39, 0.29) is 0 Å². The Morgan fingerprint density at radius 2 is 1.88 bits per heavy atom. The van der Waals surface area contributed by atoms with Crippen LogP contribution in [0.25, 0.3) is 11.3 Å². The fourth-order valence-corrected chi connectivity index (χ4v) is 1.80. The smallest absolute Gasteiger partial charge is 0.307 e. The van der Waals surface area contributed by atoms with Crippen molar-refractivity contribution in [1.29, 1.82) is 0 Å². The first kappa shape index (κ1) is 12.0. The molecule has 1 N–H and O–H groups in total. The van der Waals surface area contributed by atoms with Gasteiger partial charge in [0.05, 0.1) is 5.69 Å². The number of hydrogen-bond acceptors (Lipinski definition) is 2. The van der Waals surface area contributed by atoms with E-state index in [9.17, 15) is 9.59 Å². The van der Waals surface area contributed by atoms with Crippen LogP contribution in [-0.2, 0) is 7.05 Å². The summed E-state index contributed by atoms with van der Waals surface area (Å²) < 4.78 is 0.974. The van der Waals surface area contributed by atoms with Crippen molar-refractivity contribution in [3.63, 3.8) is 0 Å². The fraction of sp³-hybridized carbons (Fsp3) is 0.0909. The summed E-state index contributed by atoms with van der Waals surface area (Å²) >= 11 is 11.8. The van der Waals surface area contributed by atoms with E-state index < -0.39 is 11.2 Å². The average Bonchev–Trinajstić information content (AvgIpc) is 2.28. The topological polar surface area (TPSA) is 54.9 Å². The molecular formula is C11H8Cl2N2O2. The molecule has 6 heteroatoms. The van der Waals surface area contributed by atoms with Crippen molar-refractivity contribution >= 4 is 23.2 Å². The van der Waals surface area contributed by atoms with Crippen LogP contribution in [-0.4, -0.2) is 9.55 Å². The molecule has 1 aromatic carbocycles. The summed E-state index contributed by atoms with van der Waals surface area (Å²) in [4.78, 5) is 25.5. The van der Waals surface area contributed by atoms with Crippen LogP contribution in [0.2, 0.25) is 10.0 Å². The van der Waals surface area contributed by atoms with Gasteiger partial charge in [0.1, 0.15) is 0 Å². The molecule has 0 aliphatic carbocycles. The molecule has 0 radical (unpaired) electrons. The molecule has 0 saturated carbocycles. The zero-order valence-corrected chi connectivity index (χ0v) is 10.3. The van der Waals surface area contributed by atoms with Crippen LogP contribution in [0.5, 0.6) is 0 Å². The lowest BCUT2D eigenvalue weighted by Gasteiger charge is -2.05. The highest BCUT2D eigenvalue weighted by atomic mass is 35.5. The van der Waals surface area contributed by atoms with Crippen LogP contribution in [0.3, 0.4) is 0 Å². The third-order valence-corrected chi connectivity index (χ3v) is 2.93. The van der Waals surface area contributed by atoms with Crippen LogP contribution >= 0.6 is 23.2 Å². The molecule has 0 spiro atoms. The molecule has 0 atom stereocenters. The number of aromatic nitrogens is 2. The molecule has 88 valence electrons. The van der Waals surface area contributed by atoms with E-state index in [2.05, 4.69) is 4.98 Å². The summed E-state index contributed by atoms with van der Waals surface area (Å²) in [6.45, 7) is 0. The summed E-state index contributed by atoms with van der Waals surface area (Å²) in [6, 6.07) is 6.13. The minimum Gasteiger partial charge on any atom is -0.307 e. The van der Waals surface area contributed by atoms with Crippen molar-refractivity contribution in [2.75, 3.05) is 0 Å². The predicted octanol–water partition coefficient (Wildman–Crippen LogP) is 2.05. The van der Waals surface area contributed by atoms with Gasteiger partial charge in [-0.05, 0) is 18.2 Å². The van der Waals surface area contributed by atoms with Crippen LogP contribution in [0, 0.1) is 0 Å². The maximum absolute atomic E-state index is 11.5. The second-order valence-corrected chi connectivity index (χ2v) is 4.35. The highest BCUT2D eigenvalue weighted by Crippen LogP contribution is 2.27. The highest BCUT2D eigenvalue weighted by Gasteiger charge is 2.07. The monoisotopic (exact) mass is 270 g/mol. The van der Waals surface area contributed by atoms with Crippen molar-refractivity contribution < 1.29 is 0 Å². The Morgan fingerprint density at radius 3 is 2.53 bits per heavy atom. The summed E-state index contributed by atoms with van der Waals surface area (Å²) in [5.74, 6) is 0. The Balaban J connectivity index is 2.73. The SMILES string of the molecule is Cn1c(=O)cc(-c2cc(Cl)ccc2Cl)[nH]c1=O. The molecule has 2 aromatic rings. The van der Waals surface area contributed by atoms with Crippen molar-refractivity contribution in [1.82, 2.24) is 9.55 Å². The van der Waals surface area contributed by atoms with Gasteiger partial charge in [-0.25, -0.2) is 4.79 Å². The van der Waals surface area contributed by atoms with Gasteiger partial charge in [-0.2, -0.15) is 0 Å². The summed E-state index contributed by atoms with van der Waals surface area (Å²) in [7, 11) is 1.39. The Morgan fingerprint density at radius 1 is 1.18 bits per heavy atom. The molecule has 4 nitrogen and oxygen atoms in total. The normalized spacial score (nSPS) is 10.5. The Bertz CT molecular complexity index is 657. The number of halogens is 2. The number of H-pyrrole nitrogens is 1. The van der Waals surface area contributed by atoms with E-state index in [0.29, 0.717) is 21.3 Å². The molecule has 0 saturated heterocycles. The Labute approximate surface area is 106 Å². The number of hydrogen-bond donors (Lipinski definition) is 1. The van der Waals surface area contributed by atoms with Crippen LogP contribution in [0.15, 0.2) is 33.9 Å². The molecule has 1 heterocycles. The first-order valence-corrected chi connectivity index (χ1v) is 5.50. The maximum atomic E-state index is 11.5. The predicted molar refractivity (Wildman–Crippen MR) is 67.8 cm³/mol. The van der Waals surface area contributed by atoms with Gasteiger partial charge >= 0.3 is 5.69 Å². The van der Waals surface area contributed by atoms with E-state index in [1.54, 1.807) is 18.2 Å². The first-order chi connectivity index (χ1) is 7.99. The summed E-state index contributed by atoms with van der Waals surface area (Å²) in [5, 5.41) is 0.893. The van der Waals surface area contributed by atoms with Gasteiger partial charge < -0.3 is 4.98 Å². The van der Waals surface area contributed by atoms with Crippen molar-refractivity contribution in [3.05, 3.63) is 55.1 Å². The van der Waals surface area contributed by atoms with E-state index in [4.69, 9.17) is 23.2 Å². The van der Waals surface area contributed by atoms with Gasteiger partial charge in [-0.1, -0.05) is 23.2 Å². The maximum Gasteiger partial charge on any atom is 0.328 e. The lowest BCUT2D eigenvalue weighted by Crippen LogP contribution is -2.32.